The quantitative estimate of drug-likeness (QED) is 0.572. The number of aryl methyl sites for hydroxylation is 1. The molecule has 1 aromatic heterocycles. The summed E-state index contributed by atoms with van der Waals surface area (Å²) in [7, 11) is 3.20. The van der Waals surface area contributed by atoms with Crippen molar-refractivity contribution in [1.82, 2.24) is 14.7 Å². The van der Waals surface area contributed by atoms with Crippen LogP contribution in [0.4, 0.5) is 13.2 Å². The molecular weight excluding hydrogens is 451 g/mol. The van der Waals surface area contributed by atoms with Crippen LogP contribution in [-0.4, -0.2) is 63.3 Å². The zero-order valence-corrected chi connectivity index (χ0v) is 18.8. The Bertz CT molecular complexity index is 1240. The molecule has 180 valence electrons. The SMILES string of the molecule is CC(=O)N(C)C[C@H](O)COc1cc(-c2cnn(C)c2)c2c(c1)C(O)(C(F)(F)F)c1ccccc1-2. The molecule has 0 spiro atoms. The van der Waals surface area contributed by atoms with E-state index in [1.807, 2.05) is 0 Å². The summed E-state index contributed by atoms with van der Waals surface area (Å²) in [6.07, 6.45) is -2.89. The first-order chi connectivity index (χ1) is 15.9. The van der Waals surface area contributed by atoms with Gasteiger partial charge >= 0.3 is 6.18 Å². The molecule has 0 saturated carbocycles. The molecule has 2 aromatic carbocycles. The third kappa shape index (κ3) is 3.92. The fourth-order valence-corrected chi connectivity index (χ4v) is 4.22. The molecular formula is C24H24F3N3O4. The summed E-state index contributed by atoms with van der Waals surface area (Å²) in [6, 6.07) is 8.59. The van der Waals surface area contributed by atoms with E-state index in [0.717, 1.165) is 6.07 Å². The van der Waals surface area contributed by atoms with Crippen LogP contribution in [0.1, 0.15) is 18.1 Å². The van der Waals surface area contributed by atoms with Gasteiger partial charge in [0.1, 0.15) is 18.5 Å². The van der Waals surface area contributed by atoms with E-state index >= 15 is 0 Å². The second-order valence-electron chi connectivity index (χ2n) is 8.41. The number of halogens is 3. The Balaban J connectivity index is 1.83. The van der Waals surface area contributed by atoms with Crippen molar-refractivity contribution in [2.24, 2.45) is 7.05 Å². The van der Waals surface area contributed by atoms with Gasteiger partial charge in [-0.25, -0.2) is 0 Å². The van der Waals surface area contributed by atoms with Crippen molar-refractivity contribution < 1.29 is 32.9 Å². The molecule has 0 fully saturated rings. The molecule has 0 aliphatic heterocycles. The second-order valence-corrected chi connectivity index (χ2v) is 8.41. The third-order valence-electron chi connectivity index (χ3n) is 5.98. The number of nitrogens with zero attached hydrogens (tertiary/aromatic N) is 3. The van der Waals surface area contributed by atoms with Gasteiger partial charge in [0.25, 0.3) is 0 Å². The summed E-state index contributed by atoms with van der Waals surface area (Å²) < 4.78 is 50.1. The first-order valence-electron chi connectivity index (χ1n) is 10.5. The van der Waals surface area contributed by atoms with E-state index in [-0.39, 0.29) is 47.1 Å². The second kappa shape index (κ2) is 8.44. The number of benzene rings is 2. The molecule has 4 rings (SSSR count). The third-order valence-corrected chi connectivity index (χ3v) is 5.98. The Morgan fingerprint density at radius 2 is 1.94 bits per heavy atom. The molecule has 0 saturated heterocycles. The summed E-state index contributed by atoms with van der Waals surface area (Å²) in [6.45, 7) is 1.08. The van der Waals surface area contributed by atoms with Gasteiger partial charge < -0.3 is 19.8 Å². The van der Waals surface area contributed by atoms with Gasteiger partial charge in [0, 0.05) is 50.5 Å². The molecule has 2 atom stereocenters. The fraction of sp³-hybridized carbons (Fsp3) is 0.333. The molecule has 2 N–H and O–H groups in total. The summed E-state index contributed by atoms with van der Waals surface area (Å²) in [5.41, 5.74) is -2.39. The fourth-order valence-electron chi connectivity index (χ4n) is 4.22. The predicted octanol–water partition coefficient (Wildman–Crippen LogP) is 3.08. The highest BCUT2D eigenvalue weighted by Gasteiger charge is 2.61. The van der Waals surface area contributed by atoms with Crippen molar-refractivity contribution in [3.63, 3.8) is 0 Å². The number of hydrogen-bond donors (Lipinski definition) is 2. The number of ether oxygens (including phenoxy) is 1. The maximum Gasteiger partial charge on any atom is 0.425 e. The van der Waals surface area contributed by atoms with Gasteiger partial charge in [-0.3, -0.25) is 9.48 Å². The maximum atomic E-state index is 14.3. The molecule has 1 aliphatic rings. The lowest BCUT2D eigenvalue weighted by Crippen LogP contribution is -2.41. The summed E-state index contributed by atoms with van der Waals surface area (Å²) in [5, 5.41) is 25.4. The molecule has 7 nitrogen and oxygen atoms in total. The topological polar surface area (TPSA) is 87.8 Å². The van der Waals surface area contributed by atoms with Crippen LogP contribution in [0.2, 0.25) is 0 Å². The Labute approximate surface area is 194 Å². The first-order valence-corrected chi connectivity index (χ1v) is 10.5. The van der Waals surface area contributed by atoms with E-state index in [0.29, 0.717) is 11.1 Å². The average molecular weight is 475 g/mol. The number of fused-ring (bicyclic) bond motifs is 3. The van der Waals surface area contributed by atoms with Crippen LogP contribution in [-0.2, 0) is 17.4 Å². The van der Waals surface area contributed by atoms with Crippen molar-refractivity contribution in [3.05, 3.63) is 59.9 Å². The number of likely N-dealkylation sites (N-methyl/N-ethyl adjacent to an activating group) is 1. The first kappa shape index (κ1) is 23.8. The molecule has 10 heteroatoms. The number of amides is 1. The number of aliphatic hydroxyl groups excluding tert-OH is 1. The minimum atomic E-state index is -5.00. The summed E-state index contributed by atoms with van der Waals surface area (Å²) in [5.74, 6) is -0.207. The lowest BCUT2D eigenvalue weighted by Gasteiger charge is -2.29. The van der Waals surface area contributed by atoms with Crippen molar-refractivity contribution in [2.45, 2.75) is 24.8 Å². The zero-order chi connectivity index (χ0) is 24.8. The number of aliphatic hydroxyl groups is 2. The van der Waals surface area contributed by atoms with Gasteiger partial charge in [0.15, 0.2) is 0 Å². The monoisotopic (exact) mass is 475 g/mol. The Morgan fingerprint density at radius 1 is 1.24 bits per heavy atom. The number of hydrogen-bond acceptors (Lipinski definition) is 5. The van der Waals surface area contributed by atoms with Crippen LogP contribution in [0.3, 0.4) is 0 Å². The Morgan fingerprint density at radius 3 is 2.56 bits per heavy atom. The van der Waals surface area contributed by atoms with E-state index in [1.54, 1.807) is 31.4 Å². The van der Waals surface area contributed by atoms with Crippen LogP contribution in [0.5, 0.6) is 5.75 Å². The van der Waals surface area contributed by atoms with Gasteiger partial charge in [0.2, 0.25) is 11.5 Å². The van der Waals surface area contributed by atoms with Gasteiger partial charge in [0.05, 0.1) is 6.20 Å². The minimum Gasteiger partial charge on any atom is -0.491 e. The van der Waals surface area contributed by atoms with Gasteiger partial charge in [-0.05, 0) is 28.8 Å². The molecule has 1 amide bonds. The van der Waals surface area contributed by atoms with Gasteiger partial charge in [-0.1, -0.05) is 24.3 Å². The van der Waals surface area contributed by atoms with Crippen LogP contribution >= 0.6 is 0 Å². The molecule has 1 heterocycles. The number of aromatic nitrogens is 2. The largest absolute Gasteiger partial charge is 0.491 e. The minimum absolute atomic E-state index is 0.00628. The molecule has 1 aliphatic carbocycles. The van der Waals surface area contributed by atoms with Crippen molar-refractivity contribution in [3.8, 4) is 28.0 Å². The summed E-state index contributed by atoms with van der Waals surface area (Å²) in [4.78, 5) is 12.7. The lowest BCUT2D eigenvalue weighted by molar-refractivity contribution is -0.246. The standard InChI is InChI=1S/C24H24F3N3O4/c1-14(31)29(2)12-16(32)13-34-17-8-19(15-10-28-30(3)11-15)22-18-6-4-5-7-20(18)23(33,21(22)9-17)24(25,26)27/h4-11,16,32-33H,12-13H2,1-3H3/t16-,23?/m0/s1. The zero-order valence-electron chi connectivity index (χ0n) is 18.8. The highest BCUT2D eigenvalue weighted by Crippen LogP contribution is 2.58. The maximum absolute atomic E-state index is 14.3. The summed E-state index contributed by atoms with van der Waals surface area (Å²) >= 11 is 0. The van der Waals surface area contributed by atoms with Gasteiger partial charge in [-0.2, -0.15) is 18.3 Å². The smallest absolute Gasteiger partial charge is 0.425 e. The normalized spacial score (nSPS) is 17.8. The van der Waals surface area contributed by atoms with Crippen molar-refractivity contribution >= 4 is 5.91 Å². The highest BCUT2D eigenvalue weighted by atomic mass is 19.4. The van der Waals surface area contributed by atoms with Crippen LogP contribution in [0.15, 0.2) is 48.8 Å². The Kier molecular flexibility index (Phi) is 5.91. The lowest BCUT2D eigenvalue weighted by atomic mass is 9.89. The number of alkyl halides is 3. The van der Waals surface area contributed by atoms with E-state index in [9.17, 15) is 28.2 Å². The van der Waals surface area contributed by atoms with E-state index in [1.165, 1.54) is 41.9 Å². The van der Waals surface area contributed by atoms with Crippen LogP contribution in [0, 0.1) is 0 Å². The van der Waals surface area contributed by atoms with Crippen LogP contribution in [0.25, 0.3) is 22.3 Å². The number of carbonyl (C=O) groups excluding carboxylic acids is 1. The van der Waals surface area contributed by atoms with Crippen LogP contribution < -0.4 is 4.74 Å². The van der Waals surface area contributed by atoms with E-state index in [4.69, 9.17) is 4.74 Å². The number of carbonyl (C=O) groups is 1. The molecule has 3 aromatic rings. The van der Waals surface area contributed by atoms with Crippen molar-refractivity contribution in [2.75, 3.05) is 20.2 Å². The molecule has 0 radical (unpaired) electrons. The van der Waals surface area contributed by atoms with Gasteiger partial charge in [-0.15, -0.1) is 0 Å². The Hall–Kier alpha value is -3.37. The van der Waals surface area contributed by atoms with Crippen molar-refractivity contribution in [1.29, 1.82) is 0 Å². The highest BCUT2D eigenvalue weighted by molar-refractivity contribution is 5.93. The molecule has 1 unspecified atom stereocenters. The number of rotatable bonds is 6. The predicted molar refractivity (Wildman–Crippen MR) is 118 cm³/mol. The van der Waals surface area contributed by atoms with E-state index < -0.39 is 17.9 Å². The van der Waals surface area contributed by atoms with E-state index in [2.05, 4.69) is 5.10 Å². The molecule has 34 heavy (non-hydrogen) atoms. The molecule has 0 bridgehead atoms. The average Bonchev–Trinajstić information content (AvgIpc) is 3.32.